The van der Waals surface area contributed by atoms with Crippen molar-refractivity contribution in [2.45, 2.75) is 0 Å². The second-order valence-electron chi connectivity index (χ2n) is 6.95. The molecule has 2 aromatic carbocycles. The summed E-state index contributed by atoms with van der Waals surface area (Å²) in [6.07, 6.45) is 1.76. The van der Waals surface area contributed by atoms with Gasteiger partial charge in [-0.05, 0) is 24.3 Å². The van der Waals surface area contributed by atoms with Gasteiger partial charge in [-0.25, -0.2) is 19.7 Å². The minimum atomic E-state index is -1.06. The van der Waals surface area contributed by atoms with Crippen LogP contribution in [0.2, 0.25) is 0 Å². The smallest absolute Gasteiger partial charge is 0.354 e. The van der Waals surface area contributed by atoms with Crippen molar-refractivity contribution in [2.24, 2.45) is 0 Å². The standard InChI is InChI=1S/C23H12N4O2/c28-23(29)17-8-7-13-4-6-15-11-16-10-14-5-3-12-2-1-9-24-18(12)20(14)26-22(16)27-21(15)19(13)25-17/h1-11H,(H,28,29). The van der Waals surface area contributed by atoms with Gasteiger partial charge in [-0.2, -0.15) is 0 Å². The number of hydrogen-bond donors (Lipinski definition) is 1. The summed E-state index contributed by atoms with van der Waals surface area (Å²) < 4.78 is 0. The molecule has 0 saturated carbocycles. The minimum absolute atomic E-state index is 0.00596. The van der Waals surface area contributed by atoms with Gasteiger partial charge in [0.05, 0.1) is 22.1 Å². The zero-order valence-electron chi connectivity index (χ0n) is 15.0. The Morgan fingerprint density at radius 3 is 1.97 bits per heavy atom. The maximum atomic E-state index is 11.4. The van der Waals surface area contributed by atoms with Gasteiger partial charge in [-0.1, -0.05) is 36.4 Å². The van der Waals surface area contributed by atoms with E-state index >= 15 is 0 Å². The molecule has 0 fully saturated rings. The third kappa shape index (κ3) is 2.32. The minimum Gasteiger partial charge on any atom is -0.477 e. The maximum Gasteiger partial charge on any atom is 0.354 e. The lowest BCUT2D eigenvalue weighted by Gasteiger charge is -2.07. The van der Waals surface area contributed by atoms with Crippen LogP contribution in [0.25, 0.3) is 54.6 Å². The van der Waals surface area contributed by atoms with Crippen LogP contribution in [-0.4, -0.2) is 31.0 Å². The fourth-order valence-corrected chi connectivity index (χ4v) is 3.79. The topological polar surface area (TPSA) is 88.9 Å². The van der Waals surface area contributed by atoms with Crippen molar-refractivity contribution in [1.29, 1.82) is 0 Å². The van der Waals surface area contributed by atoms with Crippen LogP contribution in [0.3, 0.4) is 0 Å². The number of aromatic carboxylic acids is 1. The number of hydrogen-bond acceptors (Lipinski definition) is 5. The summed E-state index contributed by atoms with van der Waals surface area (Å²) in [5.41, 5.74) is 3.40. The van der Waals surface area contributed by atoms with E-state index < -0.39 is 5.97 Å². The number of fused-ring (bicyclic) bond motifs is 7. The first-order chi connectivity index (χ1) is 14.2. The number of aromatic nitrogens is 4. The van der Waals surface area contributed by atoms with Gasteiger partial charge < -0.3 is 5.11 Å². The van der Waals surface area contributed by atoms with E-state index in [1.807, 2.05) is 42.5 Å². The molecule has 0 amide bonds. The molecule has 6 heteroatoms. The highest BCUT2D eigenvalue weighted by Crippen LogP contribution is 2.29. The van der Waals surface area contributed by atoms with E-state index in [1.54, 1.807) is 12.3 Å². The van der Waals surface area contributed by atoms with Crippen LogP contribution < -0.4 is 0 Å². The fourth-order valence-electron chi connectivity index (χ4n) is 3.79. The van der Waals surface area contributed by atoms with Gasteiger partial charge in [-0.15, -0.1) is 0 Å². The third-order valence-electron chi connectivity index (χ3n) is 5.18. The zero-order chi connectivity index (χ0) is 19.5. The molecule has 1 N–H and O–H groups in total. The molecule has 4 heterocycles. The molecule has 6 aromatic rings. The van der Waals surface area contributed by atoms with Crippen LogP contribution in [-0.2, 0) is 0 Å². The largest absolute Gasteiger partial charge is 0.477 e. The molecule has 0 radical (unpaired) electrons. The summed E-state index contributed by atoms with van der Waals surface area (Å²) in [5.74, 6) is -1.06. The molecule has 0 bridgehead atoms. The molecule has 136 valence electrons. The van der Waals surface area contributed by atoms with Crippen molar-refractivity contribution < 1.29 is 9.90 Å². The average Bonchev–Trinajstić information content (AvgIpc) is 2.76. The molecular weight excluding hydrogens is 364 g/mol. The predicted octanol–water partition coefficient (Wildman–Crippen LogP) is 4.73. The monoisotopic (exact) mass is 376 g/mol. The Balaban J connectivity index is 1.75. The van der Waals surface area contributed by atoms with E-state index in [2.05, 4.69) is 16.0 Å². The Bertz CT molecular complexity index is 1640. The van der Waals surface area contributed by atoms with Gasteiger partial charge in [0.25, 0.3) is 0 Å². The van der Waals surface area contributed by atoms with E-state index in [9.17, 15) is 9.90 Å². The van der Waals surface area contributed by atoms with Crippen LogP contribution in [0.15, 0.2) is 66.9 Å². The molecule has 0 aliphatic carbocycles. The maximum absolute atomic E-state index is 11.4. The Morgan fingerprint density at radius 1 is 0.655 bits per heavy atom. The predicted molar refractivity (Wildman–Crippen MR) is 112 cm³/mol. The van der Waals surface area contributed by atoms with Gasteiger partial charge in [0.15, 0.2) is 5.65 Å². The number of carboxylic acid groups (broad SMARTS) is 1. The van der Waals surface area contributed by atoms with E-state index in [0.29, 0.717) is 16.7 Å². The lowest BCUT2D eigenvalue weighted by Crippen LogP contribution is -2.00. The first kappa shape index (κ1) is 15.8. The van der Waals surface area contributed by atoms with Gasteiger partial charge in [0.2, 0.25) is 0 Å². The SMILES string of the molecule is O=C(O)c1ccc2ccc3cc4cc5ccc6cccnc6c5nc4nc3c2n1. The van der Waals surface area contributed by atoms with Crippen LogP contribution in [0.4, 0.5) is 0 Å². The van der Waals surface area contributed by atoms with Crippen molar-refractivity contribution >= 4 is 60.6 Å². The first-order valence-corrected chi connectivity index (χ1v) is 9.09. The van der Waals surface area contributed by atoms with Gasteiger partial charge >= 0.3 is 5.97 Å². The highest BCUT2D eigenvalue weighted by Gasteiger charge is 2.12. The molecule has 4 aromatic heterocycles. The second-order valence-corrected chi connectivity index (χ2v) is 6.95. The highest BCUT2D eigenvalue weighted by molar-refractivity contribution is 6.10. The molecule has 0 unspecified atom stereocenters. The van der Waals surface area contributed by atoms with Crippen molar-refractivity contribution in [2.75, 3.05) is 0 Å². The van der Waals surface area contributed by atoms with Gasteiger partial charge in [0.1, 0.15) is 5.69 Å². The number of rotatable bonds is 1. The normalized spacial score (nSPS) is 11.7. The van der Waals surface area contributed by atoms with Gasteiger partial charge in [0, 0.05) is 33.1 Å². The van der Waals surface area contributed by atoms with E-state index in [1.165, 1.54) is 6.07 Å². The first-order valence-electron chi connectivity index (χ1n) is 9.09. The van der Waals surface area contributed by atoms with Crippen LogP contribution >= 0.6 is 0 Å². The van der Waals surface area contributed by atoms with Crippen molar-refractivity contribution in [3.63, 3.8) is 0 Å². The molecule has 0 spiro atoms. The fraction of sp³-hybridized carbons (Fsp3) is 0. The molecule has 0 aliphatic rings. The molecular formula is C23H12N4O2. The van der Waals surface area contributed by atoms with E-state index in [4.69, 9.17) is 9.97 Å². The zero-order valence-corrected chi connectivity index (χ0v) is 15.0. The van der Waals surface area contributed by atoms with E-state index in [0.717, 1.165) is 38.0 Å². The Hall–Kier alpha value is -4.19. The lowest BCUT2D eigenvalue weighted by atomic mass is 10.1. The summed E-state index contributed by atoms with van der Waals surface area (Å²) in [7, 11) is 0. The Kier molecular flexibility index (Phi) is 3.09. The van der Waals surface area contributed by atoms with Crippen LogP contribution in [0, 0.1) is 0 Å². The summed E-state index contributed by atoms with van der Waals surface area (Å²) >= 11 is 0. The Labute approximate surface area is 163 Å². The van der Waals surface area contributed by atoms with Gasteiger partial charge in [-0.3, -0.25) is 4.98 Å². The number of pyridine rings is 4. The highest BCUT2D eigenvalue weighted by atomic mass is 16.4. The molecule has 0 saturated heterocycles. The van der Waals surface area contributed by atoms with E-state index in [-0.39, 0.29) is 5.69 Å². The number of nitrogens with zero attached hydrogens (tertiary/aromatic N) is 4. The molecule has 6 nitrogen and oxygen atoms in total. The van der Waals surface area contributed by atoms with Crippen LogP contribution in [0.5, 0.6) is 0 Å². The number of benzene rings is 2. The summed E-state index contributed by atoms with van der Waals surface area (Å²) in [6.45, 7) is 0. The van der Waals surface area contributed by atoms with Crippen molar-refractivity contribution in [3.8, 4) is 0 Å². The Morgan fingerprint density at radius 2 is 1.24 bits per heavy atom. The average molecular weight is 376 g/mol. The summed E-state index contributed by atoms with van der Waals surface area (Å²) in [6, 6.07) is 19.2. The quantitative estimate of drug-likeness (QED) is 0.330. The summed E-state index contributed by atoms with van der Waals surface area (Å²) in [4.78, 5) is 29.7. The lowest BCUT2D eigenvalue weighted by molar-refractivity contribution is 0.0691. The van der Waals surface area contributed by atoms with Crippen LogP contribution in [0.1, 0.15) is 10.5 Å². The molecule has 29 heavy (non-hydrogen) atoms. The summed E-state index contributed by atoms with van der Waals surface area (Å²) in [5, 5.41) is 14.0. The molecule has 0 aliphatic heterocycles. The molecule has 6 rings (SSSR count). The third-order valence-corrected chi connectivity index (χ3v) is 5.18. The molecule has 0 atom stereocenters. The van der Waals surface area contributed by atoms with Crippen molar-refractivity contribution in [1.82, 2.24) is 19.9 Å². The number of carbonyl (C=O) groups is 1. The van der Waals surface area contributed by atoms with Crippen molar-refractivity contribution in [3.05, 3.63) is 72.6 Å². The number of carboxylic acids is 1. The second kappa shape index (κ2) is 5.65.